The molecule has 106 valence electrons. The van der Waals surface area contributed by atoms with Gasteiger partial charge >= 0.3 is 11.2 Å². The number of alkyl halides is 4. The van der Waals surface area contributed by atoms with Gasteiger partial charge < -0.3 is 9.29 Å². The third kappa shape index (κ3) is 6.08. The molecule has 0 N–H and O–H groups in total. The smallest absolute Gasteiger partial charge is 0.368 e. The predicted molar refractivity (Wildman–Crippen MR) is 54.7 cm³/mol. The van der Waals surface area contributed by atoms with Crippen LogP contribution in [0.2, 0.25) is 0 Å². The number of rotatable bonds is 5. The maximum atomic E-state index is 12.5. The molecule has 0 aliphatic rings. The van der Waals surface area contributed by atoms with Crippen LogP contribution in [-0.2, 0) is 19.6 Å². The van der Waals surface area contributed by atoms with Gasteiger partial charge in [0.15, 0.2) is 10.1 Å². The highest BCUT2D eigenvalue weighted by molar-refractivity contribution is 7.86. The van der Waals surface area contributed by atoms with Gasteiger partial charge in [0.25, 0.3) is 0 Å². The number of esters is 1. The van der Waals surface area contributed by atoms with E-state index in [1.807, 2.05) is 0 Å². The maximum Gasteiger partial charge on any atom is 0.368 e. The van der Waals surface area contributed by atoms with E-state index >= 15 is 0 Å². The molecule has 0 saturated heterocycles. The van der Waals surface area contributed by atoms with Crippen LogP contribution in [0.3, 0.4) is 0 Å². The number of hydrogen-bond donors (Lipinski definition) is 0. The summed E-state index contributed by atoms with van der Waals surface area (Å²) in [5.41, 5.74) is 0. The third-order valence-corrected chi connectivity index (χ3v) is 2.34. The summed E-state index contributed by atoms with van der Waals surface area (Å²) in [6.07, 6.45) is -3.42. The molecule has 0 rings (SSSR count). The van der Waals surface area contributed by atoms with Crippen molar-refractivity contribution in [1.29, 1.82) is 0 Å². The summed E-state index contributed by atoms with van der Waals surface area (Å²) in [5.74, 6) is -1.92. The van der Waals surface area contributed by atoms with E-state index in [4.69, 9.17) is 11.6 Å². The Morgan fingerprint density at radius 1 is 1.41 bits per heavy atom. The Bertz CT molecular complexity index is 332. The Morgan fingerprint density at radius 3 is 2.12 bits per heavy atom. The van der Waals surface area contributed by atoms with Crippen molar-refractivity contribution in [2.24, 2.45) is 0 Å². The van der Waals surface area contributed by atoms with Crippen LogP contribution in [0.4, 0.5) is 13.2 Å². The van der Waals surface area contributed by atoms with Crippen LogP contribution in [0.1, 0.15) is 14.9 Å². The van der Waals surface area contributed by atoms with Crippen molar-refractivity contribution in [3.8, 4) is 0 Å². The van der Waals surface area contributed by atoms with E-state index in [9.17, 15) is 30.9 Å². The van der Waals surface area contributed by atoms with Crippen LogP contribution >= 0.6 is 11.6 Å². The Balaban J connectivity index is -0.000000980. The van der Waals surface area contributed by atoms with E-state index in [2.05, 4.69) is 4.74 Å². The van der Waals surface area contributed by atoms with Crippen LogP contribution < -0.4 is 0 Å². The molecule has 0 aliphatic heterocycles. The maximum absolute atomic E-state index is 12.5. The minimum Gasteiger partial charge on any atom is -0.743 e. The first-order valence-electron chi connectivity index (χ1n) is 3.31. The van der Waals surface area contributed by atoms with E-state index in [0.29, 0.717) is 0 Å². The second kappa shape index (κ2) is 7.72. The van der Waals surface area contributed by atoms with E-state index in [-0.39, 0.29) is 14.9 Å². The zero-order valence-corrected chi connectivity index (χ0v) is 8.53. The van der Waals surface area contributed by atoms with Crippen LogP contribution in [0.25, 0.3) is 0 Å². The lowest BCUT2D eigenvalue weighted by atomic mass is 10.4. The van der Waals surface area contributed by atoms with Crippen LogP contribution in [-0.4, -0.2) is 42.9 Å². The van der Waals surface area contributed by atoms with Gasteiger partial charge in [-0.2, -0.15) is 8.78 Å². The second-order valence-corrected chi connectivity index (χ2v) is 4.02. The van der Waals surface area contributed by atoms with Gasteiger partial charge in [-0.1, -0.05) is 14.9 Å². The lowest BCUT2D eigenvalue weighted by Crippen LogP contribution is -2.41. The van der Waals surface area contributed by atoms with Gasteiger partial charge in [0.2, 0.25) is 6.17 Å². The first-order chi connectivity index (χ1) is 6.63. The Kier molecular flexibility index (Phi) is 9.86. The summed E-state index contributed by atoms with van der Waals surface area (Å²) in [7, 11) is -6.14. The third-order valence-electron chi connectivity index (χ3n) is 1.20. The van der Waals surface area contributed by atoms with Crippen LogP contribution in [0.15, 0.2) is 0 Å². The molecule has 0 aromatic heterocycles. The molecule has 0 aliphatic carbocycles. The number of ether oxygens (including phenoxy) is 1. The zero-order chi connectivity index (χ0) is 12.3. The summed E-state index contributed by atoms with van der Waals surface area (Å²) >= 11 is 4.88. The van der Waals surface area contributed by atoms with E-state index < -0.39 is 40.0 Å². The van der Waals surface area contributed by atoms with Crippen molar-refractivity contribution in [3.63, 3.8) is 0 Å². The highest BCUT2D eigenvalue weighted by Crippen LogP contribution is 2.27. The first kappa shape index (κ1) is 21.7. The van der Waals surface area contributed by atoms with E-state index in [1.165, 1.54) is 0 Å². The highest BCUT2D eigenvalue weighted by atomic mass is 35.5. The molecule has 0 aromatic carbocycles. The standard InChI is InChI=1S/C5H6ClF3O5S.2CH4/c6-1-4(10)14-2-3(7)5(8,9)15(11,12)13;;/h3H,1-2H2,(H,11,12,13);2*1H4/p-1. The Labute approximate surface area is 103 Å². The van der Waals surface area contributed by atoms with Crippen LogP contribution in [0.5, 0.6) is 0 Å². The summed E-state index contributed by atoms with van der Waals surface area (Å²) in [6, 6.07) is 0. The van der Waals surface area contributed by atoms with Gasteiger partial charge in [0.05, 0.1) is 0 Å². The van der Waals surface area contributed by atoms with Gasteiger partial charge in [-0.15, -0.1) is 11.6 Å². The molecule has 0 spiro atoms. The van der Waals surface area contributed by atoms with Crippen molar-refractivity contribution in [2.75, 3.05) is 12.5 Å². The molecule has 0 aromatic rings. The molecule has 0 saturated carbocycles. The summed E-state index contributed by atoms with van der Waals surface area (Å²) in [4.78, 5) is 10.3. The van der Waals surface area contributed by atoms with Gasteiger partial charge in [0, 0.05) is 0 Å². The van der Waals surface area contributed by atoms with Crippen molar-refractivity contribution in [2.45, 2.75) is 26.3 Å². The molecule has 17 heavy (non-hydrogen) atoms. The lowest BCUT2D eigenvalue weighted by Gasteiger charge is -2.22. The van der Waals surface area contributed by atoms with E-state index in [1.54, 1.807) is 0 Å². The van der Waals surface area contributed by atoms with Gasteiger partial charge in [-0.05, 0) is 0 Å². The average Bonchev–Trinajstić information content (AvgIpc) is 2.11. The van der Waals surface area contributed by atoms with Gasteiger partial charge in [0.1, 0.15) is 12.5 Å². The number of carbonyl (C=O) groups excluding carboxylic acids is 1. The van der Waals surface area contributed by atoms with Gasteiger partial charge in [-0.3, -0.25) is 4.79 Å². The number of carbonyl (C=O) groups is 1. The zero-order valence-electron chi connectivity index (χ0n) is 6.95. The molecular weight excluding hydrogens is 289 g/mol. The quantitative estimate of drug-likeness (QED) is 0.437. The van der Waals surface area contributed by atoms with Crippen molar-refractivity contribution in [3.05, 3.63) is 0 Å². The Hall–Kier alpha value is -0.540. The minimum absolute atomic E-state index is 0. The SMILES string of the molecule is C.C.O=C(CCl)OCC(F)C(F)(F)S(=O)(=O)[O-]. The molecule has 0 amide bonds. The molecule has 5 nitrogen and oxygen atoms in total. The van der Waals surface area contributed by atoms with Crippen molar-refractivity contribution >= 4 is 27.7 Å². The molecule has 0 heterocycles. The number of halogens is 4. The molecule has 0 fully saturated rings. The highest BCUT2D eigenvalue weighted by Gasteiger charge is 2.48. The molecule has 0 radical (unpaired) electrons. The van der Waals surface area contributed by atoms with E-state index in [0.717, 1.165) is 0 Å². The Morgan fingerprint density at radius 2 is 1.82 bits per heavy atom. The predicted octanol–water partition coefficient (Wildman–Crippen LogP) is 1.52. The fourth-order valence-corrected chi connectivity index (χ4v) is 0.917. The fourth-order valence-electron chi connectivity index (χ4n) is 0.458. The second-order valence-electron chi connectivity index (χ2n) is 2.30. The largest absolute Gasteiger partial charge is 0.743 e. The molecule has 1 unspecified atom stereocenters. The molecule has 10 heteroatoms. The topological polar surface area (TPSA) is 83.5 Å². The molecule has 1 atom stereocenters. The van der Waals surface area contributed by atoms with Crippen molar-refractivity contribution < 1.29 is 35.7 Å². The average molecular weight is 302 g/mol. The first-order valence-corrected chi connectivity index (χ1v) is 5.26. The fraction of sp³-hybridized carbons (Fsp3) is 0.857. The van der Waals surface area contributed by atoms with Crippen molar-refractivity contribution in [1.82, 2.24) is 0 Å². The molecule has 0 bridgehead atoms. The van der Waals surface area contributed by atoms with Gasteiger partial charge in [-0.25, -0.2) is 12.8 Å². The minimum atomic E-state index is -6.14. The van der Waals surface area contributed by atoms with Crippen LogP contribution in [0, 0.1) is 0 Å². The summed E-state index contributed by atoms with van der Waals surface area (Å²) in [5, 5.41) is -5.14. The summed E-state index contributed by atoms with van der Waals surface area (Å²) in [6.45, 7) is -1.56. The normalized spacial score (nSPS) is 13.0. The molecular formula is C7H13ClF3O5S-. The summed E-state index contributed by atoms with van der Waals surface area (Å²) < 4.78 is 70.8. The monoisotopic (exact) mass is 301 g/mol. The number of hydrogen-bond acceptors (Lipinski definition) is 5. The lowest BCUT2D eigenvalue weighted by molar-refractivity contribution is -0.145.